The van der Waals surface area contributed by atoms with E-state index in [1.807, 2.05) is 84.9 Å². The van der Waals surface area contributed by atoms with Gasteiger partial charge in [0.25, 0.3) is 0 Å². The summed E-state index contributed by atoms with van der Waals surface area (Å²) in [6, 6.07) is 36.2. The van der Waals surface area contributed by atoms with E-state index in [1.54, 1.807) is 12.2 Å². The van der Waals surface area contributed by atoms with Crippen LogP contribution in [0.15, 0.2) is 121 Å². The van der Waals surface area contributed by atoms with E-state index in [2.05, 4.69) is 36.4 Å². The molecule has 0 atom stereocenters. The molecule has 0 amide bonds. The van der Waals surface area contributed by atoms with Crippen molar-refractivity contribution >= 4 is 22.0 Å². The molecule has 0 aliphatic carbocycles. The van der Waals surface area contributed by atoms with Crippen LogP contribution in [-0.4, -0.2) is 19.9 Å². The molecular formula is C30H26O2S. The van der Waals surface area contributed by atoms with Crippen molar-refractivity contribution in [2.75, 3.05) is 11.5 Å². The van der Waals surface area contributed by atoms with Crippen molar-refractivity contribution in [1.29, 1.82) is 0 Å². The van der Waals surface area contributed by atoms with Crippen LogP contribution in [0, 0.1) is 0 Å². The standard InChI is InChI=1S/C30H26O2S/c31-33(32,23-11-19-27-17-7-9-21-29(27)25-13-3-1-4-14-25)24-12-20-28-18-8-10-22-30(28)26-15-5-2-6-16-26/h1-22H,23-24H2/b19-11+,20-12+. The second-order valence-electron chi connectivity index (χ2n) is 7.79. The van der Waals surface area contributed by atoms with Gasteiger partial charge in [-0.3, -0.25) is 0 Å². The van der Waals surface area contributed by atoms with Crippen molar-refractivity contribution in [3.8, 4) is 22.3 Å². The second kappa shape index (κ2) is 10.8. The van der Waals surface area contributed by atoms with Gasteiger partial charge in [-0.05, 0) is 33.4 Å². The maximum absolute atomic E-state index is 12.6. The Hall–Kier alpha value is -3.69. The van der Waals surface area contributed by atoms with Gasteiger partial charge in [-0.15, -0.1) is 0 Å². The molecule has 0 spiro atoms. The van der Waals surface area contributed by atoms with Crippen molar-refractivity contribution in [2.24, 2.45) is 0 Å². The lowest BCUT2D eigenvalue weighted by atomic mass is 9.99. The van der Waals surface area contributed by atoms with Gasteiger partial charge in [-0.1, -0.05) is 133 Å². The van der Waals surface area contributed by atoms with Gasteiger partial charge in [-0.2, -0.15) is 0 Å². The Balaban J connectivity index is 1.44. The molecule has 4 aromatic carbocycles. The van der Waals surface area contributed by atoms with Crippen LogP contribution < -0.4 is 0 Å². The fraction of sp³-hybridized carbons (Fsp3) is 0.0667. The average Bonchev–Trinajstić information content (AvgIpc) is 2.85. The molecule has 0 fully saturated rings. The smallest absolute Gasteiger partial charge is 0.157 e. The maximum Gasteiger partial charge on any atom is 0.157 e. The molecule has 0 bridgehead atoms. The second-order valence-corrected chi connectivity index (χ2v) is 9.94. The molecule has 0 unspecified atom stereocenters. The van der Waals surface area contributed by atoms with Gasteiger partial charge < -0.3 is 0 Å². The van der Waals surface area contributed by atoms with Crippen LogP contribution in [0.4, 0.5) is 0 Å². The molecule has 4 rings (SSSR count). The highest BCUT2D eigenvalue weighted by Gasteiger charge is 2.07. The largest absolute Gasteiger partial charge is 0.228 e. The summed E-state index contributed by atoms with van der Waals surface area (Å²) in [5.74, 6) is 0.00158. The normalized spacial score (nSPS) is 11.9. The third-order valence-corrected chi connectivity index (χ3v) is 6.79. The summed E-state index contributed by atoms with van der Waals surface area (Å²) in [4.78, 5) is 0. The van der Waals surface area contributed by atoms with Crippen LogP contribution in [0.5, 0.6) is 0 Å². The molecule has 4 aromatic rings. The third kappa shape index (κ3) is 6.18. The molecule has 3 heteroatoms. The first kappa shape index (κ1) is 22.5. The molecule has 2 nitrogen and oxygen atoms in total. The summed E-state index contributed by atoms with van der Waals surface area (Å²) in [6.07, 6.45) is 7.27. The van der Waals surface area contributed by atoms with E-state index in [9.17, 15) is 8.42 Å². The van der Waals surface area contributed by atoms with Crippen LogP contribution in [0.1, 0.15) is 11.1 Å². The molecule has 0 N–H and O–H groups in total. The molecule has 0 radical (unpaired) electrons. The maximum atomic E-state index is 12.6. The molecule has 0 aromatic heterocycles. The van der Waals surface area contributed by atoms with Gasteiger partial charge in [0.05, 0.1) is 11.5 Å². The van der Waals surface area contributed by atoms with E-state index in [1.165, 1.54) is 0 Å². The van der Waals surface area contributed by atoms with Crippen molar-refractivity contribution in [2.45, 2.75) is 0 Å². The molecule has 0 aliphatic rings. The predicted molar refractivity (Wildman–Crippen MR) is 140 cm³/mol. The summed E-state index contributed by atoms with van der Waals surface area (Å²) < 4.78 is 25.2. The fourth-order valence-electron chi connectivity index (χ4n) is 3.76. The molecule has 0 heterocycles. The average molecular weight is 451 g/mol. The lowest BCUT2D eigenvalue weighted by Crippen LogP contribution is -2.07. The summed E-state index contributed by atoms with van der Waals surface area (Å²) >= 11 is 0. The highest BCUT2D eigenvalue weighted by Crippen LogP contribution is 2.25. The molecule has 0 saturated heterocycles. The van der Waals surface area contributed by atoms with E-state index in [0.717, 1.165) is 33.4 Å². The third-order valence-electron chi connectivity index (χ3n) is 5.39. The van der Waals surface area contributed by atoms with Crippen LogP contribution in [-0.2, 0) is 9.84 Å². The number of hydrogen-bond acceptors (Lipinski definition) is 2. The SMILES string of the molecule is O=S(=O)(C/C=C/c1ccccc1-c1ccccc1)C/C=C/c1ccccc1-c1ccccc1. The van der Waals surface area contributed by atoms with Gasteiger partial charge in [0, 0.05) is 0 Å². The van der Waals surface area contributed by atoms with Gasteiger partial charge in [0.1, 0.15) is 0 Å². The number of hydrogen-bond donors (Lipinski definition) is 0. The first-order valence-corrected chi connectivity index (χ1v) is 12.8. The van der Waals surface area contributed by atoms with E-state index in [-0.39, 0.29) is 11.5 Å². The Morgan fingerprint density at radius 1 is 0.485 bits per heavy atom. The van der Waals surface area contributed by atoms with Gasteiger partial charge in [0.2, 0.25) is 0 Å². The van der Waals surface area contributed by atoms with Gasteiger partial charge >= 0.3 is 0 Å². The van der Waals surface area contributed by atoms with E-state index in [0.29, 0.717) is 0 Å². The molecule has 164 valence electrons. The van der Waals surface area contributed by atoms with Crippen molar-refractivity contribution in [1.82, 2.24) is 0 Å². The number of rotatable bonds is 8. The van der Waals surface area contributed by atoms with Crippen LogP contribution in [0.25, 0.3) is 34.4 Å². The zero-order valence-corrected chi connectivity index (χ0v) is 19.2. The van der Waals surface area contributed by atoms with Crippen LogP contribution in [0.2, 0.25) is 0 Å². The summed E-state index contributed by atoms with van der Waals surface area (Å²) in [5.41, 5.74) is 6.41. The lowest BCUT2D eigenvalue weighted by Gasteiger charge is -2.06. The Labute approximate surface area is 196 Å². The molecular weight excluding hydrogens is 424 g/mol. The van der Waals surface area contributed by atoms with Gasteiger partial charge in [-0.25, -0.2) is 8.42 Å². The lowest BCUT2D eigenvalue weighted by molar-refractivity contribution is 0.602. The number of sulfone groups is 1. The van der Waals surface area contributed by atoms with Gasteiger partial charge in [0.15, 0.2) is 9.84 Å². The first-order valence-electron chi connectivity index (χ1n) is 10.9. The minimum absolute atomic E-state index is 0.000790. The quantitative estimate of drug-likeness (QED) is 0.285. The highest BCUT2D eigenvalue weighted by atomic mass is 32.2. The van der Waals surface area contributed by atoms with Crippen LogP contribution >= 0.6 is 0 Å². The summed E-state index contributed by atoms with van der Waals surface area (Å²) in [5, 5.41) is 0. The number of benzene rings is 4. The Morgan fingerprint density at radius 3 is 1.27 bits per heavy atom. The van der Waals surface area contributed by atoms with Crippen molar-refractivity contribution in [3.63, 3.8) is 0 Å². The summed E-state index contributed by atoms with van der Waals surface area (Å²) in [7, 11) is -3.25. The van der Waals surface area contributed by atoms with Crippen molar-refractivity contribution in [3.05, 3.63) is 132 Å². The fourth-order valence-corrected chi connectivity index (χ4v) is 4.67. The van der Waals surface area contributed by atoms with E-state index in [4.69, 9.17) is 0 Å². The molecule has 0 aliphatic heterocycles. The zero-order valence-electron chi connectivity index (χ0n) is 18.3. The molecule has 0 saturated carbocycles. The highest BCUT2D eigenvalue weighted by molar-refractivity contribution is 7.91. The van der Waals surface area contributed by atoms with E-state index < -0.39 is 9.84 Å². The topological polar surface area (TPSA) is 34.1 Å². The van der Waals surface area contributed by atoms with Crippen LogP contribution in [0.3, 0.4) is 0 Å². The Morgan fingerprint density at radius 2 is 0.848 bits per heavy atom. The minimum Gasteiger partial charge on any atom is -0.228 e. The minimum atomic E-state index is -3.25. The monoisotopic (exact) mass is 450 g/mol. The van der Waals surface area contributed by atoms with Crippen molar-refractivity contribution < 1.29 is 8.42 Å². The predicted octanol–water partition coefficient (Wildman–Crippen LogP) is 7.16. The van der Waals surface area contributed by atoms with E-state index >= 15 is 0 Å². The Bertz CT molecular complexity index is 1250. The first-order chi connectivity index (χ1) is 16.1. The Kier molecular flexibility index (Phi) is 7.33. The zero-order chi connectivity index (χ0) is 22.9. The molecule has 33 heavy (non-hydrogen) atoms. The summed E-state index contributed by atoms with van der Waals surface area (Å²) in [6.45, 7) is 0.